The Balaban J connectivity index is 2.11. The second-order valence-electron chi connectivity index (χ2n) is 4.55. The molecule has 0 aliphatic heterocycles. The number of nitrogens with one attached hydrogen (secondary N) is 1. The number of hydrogen-bond donors (Lipinski definition) is 1. The highest BCUT2D eigenvalue weighted by molar-refractivity contribution is 14.1. The van der Waals surface area contributed by atoms with Gasteiger partial charge in [0.2, 0.25) is 0 Å². The lowest BCUT2D eigenvalue weighted by atomic mass is 10.2. The van der Waals surface area contributed by atoms with E-state index in [1.54, 1.807) is 31.5 Å². The first-order chi connectivity index (χ1) is 11.1. The first kappa shape index (κ1) is 17.3. The number of amides is 1. The van der Waals surface area contributed by atoms with E-state index in [2.05, 4.69) is 33.1 Å². The Kier molecular flexibility index (Phi) is 6.40. The lowest BCUT2D eigenvalue weighted by Gasteiger charge is -2.08. The zero-order valence-electron chi connectivity index (χ0n) is 12.9. The van der Waals surface area contributed by atoms with Gasteiger partial charge in [0.05, 0.1) is 19.9 Å². The van der Waals surface area contributed by atoms with E-state index in [0.717, 1.165) is 9.13 Å². The first-order valence-corrected chi connectivity index (χ1v) is 8.11. The van der Waals surface area contributed by atoms with Gasteiger partial charge in [-0.3, -0.25) is 4.79 Å². The Labute approximate surface area is 148 Å². The summed E-state index contributed by atoms with van der Waals surface area (Å²) in [6.45, 7) is 2.45. The van der Waals surface area contributed by atoms with E-state index >= 15 is 0 Å². The maximum Gasteiger partial charge on any atom is 0.271 e. The SMILES string of the molecule is CCOc1ccc(OC)cc1/C=N/NC(=O)c1cccc(I)c1. The van der Waals surface area contributed by atoms with E-state index in [9.17, 15) is 4.79 Å². The molecule has 120 valence electrons. The molecule has 6 heteroatoms. The molecule has 2 rings (SSSR count). The molecular weight excluding hydrogens is 407 g/mol. The minimum atomic E-state index is -0.263. The second kappa shape index (κ2) is 8.52. The molecule has 2 aromatic carbocycles. The maximum atomic E-state index is 12.0. The van der Waals surface area contributed by atoms with Crippen molar-refractivity contribution in [2.24, 2.45) is 5.10 Å². The molecule has 0 heterocycles. The van der Waals surface area contributed by atoms with Crippen molar-refractivity contribution in [3.05, 3.63) is 57.2 Å². The molecule has 1 N–H and O–H groups in total. The van der Waals surface area contributed by atoms with Gasteiger partial charge in [0.15, 0.2) is 0 Å². The number of methoxy groups -OCH3 is 1. The van der Waals surface area contributed by atoms with Crippen LogP contribution in [0.5, 0.6) is 11.5 Å². The van der Waals surface area contributed by atoms with Crippen LogP contribution in [0.25, 0.3) is 0 Å². The van der Waals surface area contributed by atoms with Crippen LogP contribution in [0.15, 0.2) is 47.6 Å². The fourth-order valence-electron chi connectivity index (χ4n) is 1.90. The summed E-state index contributed by atoms with van der Waals surface area (Å²) in [5, 5.41) is 4.00. The molecule has 0 radical (unpaired) electrons. The van der Waals surface area contributed by atoms with Gasteiger partial charge in [-0.25, -0.2) is 5.43 Å². The number of rotatable bonds is 6. The van der Waals surface area contributed by atoms with Gasteiger partial charge in [-0.2, -0.15) is 5.10 Å². The van der Waals surface area contributed by atoms with Crippen LogP contribution in [0, 0.1) is 3.57 Å². The molecule has 0 saturated heterocycles. The Hall–Kier alpha value is -2.09. The van der Waals surface area contributed by atoms with E-state index in [0.29, 0.717) is 23.7 Å². The van der Waals surface area contributed by atoms with E-state index < -0.39 is 0 Å². The minimum Gasteiger partial charge on any atom is -0.497 e. The highest BCUT2D eigenvalue weighted by Gasteiger charge is 2.06. The monoisotopic (exact) mass is 424 g/mol. The number of benzene rings is 2. The van der Waals surface area contributed by atoms with E-state index in [1.807, 2.05) is 31.2 Å². The largest absolute Gasteiger partial charge is 0.497 e. The molecule has 2 aromatic rings. The maximum absolute atomic E-state index is 12.0. The Bertz CT molecular complexity index is 717. The van der Waals surface area contributed by atoms with E-state index in [4.69, 9.17) is 9.47 Å². The number of hydrogen-bond acceptors (Lipinski definition) is 4. The molecule has 5 nitrogen and oxygen atoms in total. The van der Waals surface area contributed by atoms with Gasteiger partial charge in [0.25, 0.3) is 5.91 Å². The predicted molar refractivity (Wildman–Crippen MR) is 98.4 cm³/mol. The summed E-state index contributed by atoms with van der Waals surface area (Å²) in [4.78, 5) is 12.0. The normalized spacial score (nSPS) is 10.6. The van der Waals surface area contributed by atoms with Crippen LogP contribution < -0.4 is 14.9 Å². The van der Waals surface area contributed by atoms with Crippen LogP contribution in [0.2, 0.25) is 0 Å². The summed E-state index contributed by atoms with van der Waals surface area (Å²) in [6, 6.07) is 12.7. The number of hydrazone groups is 1. The molecule has 0 aromatic heterocycles. The zero-order valence-corrected chi connectivity index (χ0v) is 15.0. The Morgan fingerprint density at radius 1 is 1.30 bits per heavy atom. The second-order valence-corrected chi connectivity index (χ2v) is 5.79. The summed E-state index contributed by atoms with van der Waals surface area (Å²) in [5.74, 6) is 1.11. The molecule has 0 aliphatic rings. The number of ether oxygens (including phenoxy) is 2. The lowest BCUT2D eigenvalue weighted by molar-refractivity contribution is 0.0955. The minimum absolute atomic E-state index is 0.263. The van der Waals surface area contributed by atoms with Crippen molar-refractivity contribution < 1.29 is 14.3 Å². The molecule has 0 unspecified atom stereocenters. The third-order valence-corrected chi connectivity index (χ3v) is 3.64. The molecule has 0 spiro atoms. The standard InChI is InChI=1S/C17H17IN2O3/c1-3-23-16-8-7-15(22-2)10-13(16)11-19-20-17(21)12-5-4-6-14(18)9-12/h4-11H,3H2,1-2H3,(H,20,21)/b19-11+. The molecule has 1 amide bonds. The number of nitrogens with zero attached hydrogens (tertiary/aromatic N) is 1. The van der Waals surface area contributed by atoms with Crippen molar-refractivity contribution in [3.63, 3.8) is 0 Å². The summed E-state index contributed by atoms with van der Waals surface area (Å²) < 4.78 is 11.7. The van der Waals surface area contributed by atoms with Gasteiger partial charge < -0.3 is 9.47 Å². The topological polar surface area (TPSA) is 59.9 Å². The molecule has 0 aliphatic carbocycles. The zero-order chi connectivity index (χ0) is 16.7. The van der Waals surface area contributed by atoms with Gasteiger partial charge in [0.1, 0.15) is 11.5 Å². The summed E-state index contributed by atoms with van der Waals surface area (Å²) in [7, 11) is 1.59. The van der Waals surface area contributed by atoms with Crippen LogP contribution in [0.4, 0.5) is 0 Å². The third kappa shape index (κ3) is 4.95. The predicted octanol–water partition coefficient (Wildman–Crippen LogP) is 3.46. The van der Waals surface area contributed by atoms with E-state index in [1.165, 1.54) is 0 Å². The van der Waals surface area contributed by atoms with Crippen LogP contribution in [0.3, 0.4) is 0 Å². The number of halogens is 1. The number of carbonyl (C=O) groups is 1. The summed E-state index contributed by atoms with van der Waals surface area (Å²) in [6.07, 6.45) is 1.54. The Morgan fingerprint density at radius 3 is 2.83 bits per heavy atom. The average molecular weight is 424 g/mol. The van der Waals surface area contributed by atoms with Crippen molar-refractivity contribution in [2.45, 2.75) is 6.92 Å². The molecular formula is C17H17IN2O3. The van der Waals surface area contributed by atoms with E-state index in [-0.39, 0.29) is 5.91 Å². The van der Waals surface area contributed by atoms with Gasteiger partial charge in [-0.1, -0.05) is 6.07 Å². The first-order valence-electron chi connectivity index (χ1n) is 7.04. The smallest absolute Gasteiger partial charge is 0.271 e. The molecule has 23 heavy (non-hydrogen) atoms. The van der Waals surface area contributed by atoms with Crippen molar-refractivity contribution in [1.82, 2.24) is 5.43 Å². The number of carbonyl (C=O) groups excluding carboxylic acids is 1. The fourth-order valence-corrected chi connectivity index (χ4v) is 2.44. The highest BCUT2D eigenvalue weighted by atomic mass is 127. The van der Waals surface area contributed by atoms with Gasteiger partial charge >= 0.3 is 0 Å². The lowest BCUT2D eigenvalue weighted by Crippen LogP contribution is -2.17. The van der Waals surface area contributed by atoms with Gasteiger partial charge in [-0.15, -0.1) is 0 Å². The van der Waals surface area contributed by atoms with Crippen molar-refractivity contribution in [3.8, 4) is 11.5 Å². The van der Waals surface area contributed by atoms with Crippen LogP contribution in [-0.2, 0) is 0 Å². The summed E-state index contributed by atoms with van der Waals surface area (Å²) in [5.41, 5.74) is 3.80. The molecule has 0 atom stereocenters. The molecule has 0 bridgehead atoms. The average Bonchev–Trinajstić information content (AvgIpc) is 2.56. The molecule has 0 saturated carbocycles. The van der Waals surface area contributed by atoms with Crippen LogP contribution >= 0.6 is 22.6 Å². The van der Waals surface area contributed by atoms with Crippen molar-refractivity contribution in [1.29, 1.82) is 0 Å². The summed E-state index contributed by atoms with van der Waals surface area (Å²) >= 11 is 2.16. The van der Waals surface area contributed by atoms with Gasteiger partial charge in [0, 0.05) is 14.7 Å². The molecule has 0 fully saturated rings. The van der Waals surface area contributed by atoms with Crippen LogP contribution in [0.1, 0.15) is 22.8 Å². The van der Waals surface area contributed by atoms with Crippen LogP contribution in [-0.4, -0.2) is 25.8 Å². The van der Waals surface area contributed by atoms with Crippen molar-refractivity contribution >= 4 is 34.7 Å². The Morgan fingerprint density at radius 2 is 2.13 bits per heavy atom. The quantitative estimate of drug-likeness (QED) is 0.439. The fraction of sp³-hybridized carbons (Fsp3) is 0.176. The third-order valence-electron chi connectivity index (χ3n) is 2.97. The van der Waals surface area contributed by atoms with Gasteiger partial charge in [-0.05, 0) is 65.9 Å². The van der Waals surface area contributed by atoms with Crippen molar-refractivity contribution in [2.75, 3.05) is 13.7 Å². The highest BCUT2D eigenvalue weighted by Crippen LogP contribution is 2.22.